The lowest BCUT2D eigenvalue weighted by Gasteiger charge is -2.34. The number of carbonyl (C=O) groups excluding carboxylic acids is 1. The molecule has 0 aliphatic heterocycles. The van der Waals surface area contributed by atoms with Gasteiger partial charge in [-0.15, -0.1) is 6.42 Å². The Morgan fingerprint density at radius 2 is 2.05 bits per heavy atom. The van der Waals surface area contributed by atoms with Crippen molar-refractivity contribution in [1.82, 2.24) is 4.90 Å². The minimum Gasteiger partial charge on any atom is -0.478 e. The first kappa shape index (κ1) is 17.7. The van der Waals surface area contributed by atoms with Crippen molar-refractivity contribution in [2.75, 3.05) is 6.54 Å². The van der Waals surface area contributed by atoms with E-state index in [4.69, 9.17) is 11.5 Å². The monoisotopic (exact) mass is 307 g/mol. The first-order valence-electron chi connectivity index (χ1n) is 6.65. The van der Waals surface area contributed by atoms with Gasteiger partial charge in [-0.05, 0) is 31.0 Å². The number of carboxylic acid groups (broad SMARTS) is 1. The van der Waals surface area contributed by atoms with Crippen LogP contribution in [0.1, 0.15) is 36.7 Å². The maximum Gasteiger partial charge on any atom is 0.357 e. The lowest BCUT2D eigenvalue weighted by Crippen LogP contribution is -2.56. The van der Waals surface area contributed by atoms with E-state index in [9.17, 15) is 19.1 Å². The maximum absolute atomic E-state index is 13.7. The van der Waals surface area contributed by atoms with Crippen LogP contribution in [0.2, 0.25) is 0 Å². The first-order valence-corrected chi connectivity index (χ1v) is 6.65. The minimum atomic E-state index is -2.40. The standard InChI is InChI=1S/C16H18FNO4/c1-5-11-6-7-12(8-13(11)17)14(19)18(9-10(2)3)16(4,22)15(20)21/h1,6-8,10,22H,9H2,2-4H3,(H,20,21). The molecule has 1 amide bonds. The van der Waals surface area contributed by atoms with Crippen LogP contribution in [0, 0.1) is 24.1 Å². The van der Waals surface area contributed by atoms with Crippen LogP contribution in [0.15, 0.2) is 18.2 Å². The van der Waals surface area contributed by atoms with Crippen LogP contribution in [0.25, 0.3) is 0 Å². The number of hydrogen-bond donors (Lipinski definition) is 2. The molecule has 0 fully saturated rings. The SMILES string of the molecule is C#Cc1ccc(C(=O)N(CC(C)C)C(C)(O)C(=O)O)cc1F. The third kappa shape index (κ3) is 3.62. The molecule has 1 rings (SSSR count). The molecule has 0 heterocycles. The molecule has 5 nitrogen and oxygen atoms in total. The number of benzene rings is 1. The predicted molar refractivity (Wildman–Crippen MR) is 78.5 cm³/mol. The number of carboxylic acids is 1. The van der Waals surface area contributed by atoms with Gasteiger partial charge in [0, 0.05) is 12.1 Å². The molecule has 6 heteroatoms. The number of halogens is 1. The summed E-state index contributed by atoms with van der Waals surface area (Å²) < 4.78 is 13.7. The number of nitrogens with zero attached hydrogens (tertiary/aromatic N) is 1. The highest BCUT2D eigenvalue weighted by Gasteiger charge is 2.41. The summed E-state index contributed by atoms with van der Waals surface area (Å²) in [5, 5.41) is 19.2. The summed E-state index contributed by atoms with van der Waals surface area (Å²) in [6.07, 6.45) is 5.11. The van der Waals surface area contributed by atoms with Gasteiger partial charge in [-0.25, -0.2) is 9.18 Å². The van der Waals surface area contributed by atoms with Crippen LogP contribution in [-0.4, -0.2) is 39.3 Å². The smallest absolute Gasteiger partial charge is 0.357 e. The third-order valence-corrected chi connectivity index (χ3v) is 3.10. The van der Waals surface area contributed by atoms with Crippen molar-refractivity contribution in [2.45, 2.75) is 26.5 Å². The van der Waals surface area contributed by atoms with Crippen LogP contribution in [-0.2, 0) is 4.79 Å². The van der Waals surface area contributed by atoms with Gasteiger partial charge in [0.05, 0.1) is 5.56 Å². The molecule has 118 valence electrons. The van der Waals surface area contributed by atoms with Crippen LogP contribution < -0.4 is 0 Å². The van der Waals surface area contributed by atoms with Gasteiger partial charge in [0.25, 0.3) is 5.91 Å². The molecule has 2 N–H and O–H groups in total. The Bertz CT molecular complexity index is 632. The molecule has 1 atom stereocenters. The van der Waals surface area contributed by atoms with Crippen LogP contribution in [0.3, 0.4) is 0 Å². The second kappa shape index (κ2) is 6.58. The Balaban J connectivity index is 3.26. The molecule has 1 aromatic rings. The van der Waals surface area contributed by atoms with E-state index in [1.54, 1.807) is 13.8 Å². The fraction of sp³-hybridized carbons (Fsp3) is 0.375. The van der Waals surface area contributed by atoms with E-state index >= 15 is 0 Å². The molecule has 0 saturated heterocycles. The summed E-state index contributed by atoms with van der Waals surface area (Å²) in [4.78, 5) is 24.5. The van der Waals surface area contributed by atoms with Crippen molar-refractivity contribution in [3.05, 3.63) is 35.1 Å². The lowest BCUT2D eigenvalue weighted by atomic mass is 10.1. The molecular formula is C16H18FNO4. The molecule has 1 unspecified atom stereocenters. The second-order valence-electron chi connectivity index (χ2n) is 5.47. The van der Waals surface area contributed by atoms with Crippen LogP contribution in [0.5, 0.6) is 0 Å². The number of amides is 1. The first-order chi connectivity index (χ1) is 10.1. The second-order valence-corrected chi connectivity index (χ2v) is 5.47. The molecular weight excluding hydrogens is 289 g/mol. The summed E-state index contributed by atoms with van der Waals surface area (Å²) in [5.74, 6) is -1.08. The fourth-order valence-corrected chi connectivity index (χ4v) is 1.86. The zero-order valence-corrected chi connectivity index (χ0v) is 12.6. The number of rotatable bonds is 5. The van der Waals surface area contributed by atoms with E-state index in [-0.39, 0.29) is 23.6 Å². The largest absolute Gasteiger partial charge is 0.478 e. The number of terminal acetylenes is 1. The zero-order valence-electron chi connectivity index (χ0n) is 12.6. The number of aliphatic carboxylic acids is 1. The Kier molecular flexibility index (Phi) is 5.28. The molecule has 0 aliphatic rings. The van der Waals surface area contributed by atoms with Gasteiger partial charge in [-0.2, -0.15) is 0 Å². The lowest BCUT2D eigenvalue weighted by molar-refractivity contribution is -0.173. The quantitative estimate of drug-likeness (QED) is 0.641. The van der Waals surface area contributed by atoms with Crippen molar-refractivity contribution in [2.24, 2.45) is 5.92 Å². The Labute approximate surface area is 128 Å². The number of aliphatic hydroxyl groups is 1. The van der Waals surface area contributed by atoms with Gasteiger partial charge in [0.1, 0.15) is 5.82 Å². The van der Waals surface area contributed by atoms with E-state index in [0.717, 1.165) is 17.9 Å². The molecule has 1 aromatic carbocycles. The van der Waals surface area contributed by atoms with Crippen molar-refractivity contribution >= 4 is 11.9 Å². The normalized spacial score (nSPS) is 13.3. The highest BCUT2D eigenvalue weighted by molar-refractivity contribution is 5.97. The van der Waals surface area contributed by atoms with Crippen LogP contribution in [0.4, 0.5) is 4.39 Å². The number of hydrogen-bond acceptors (Lipinski definition) is 3. The Hall–Kier alpha value is -2.39. The van der Waals surface area contributed by atoms with Gasteiger partial charge in [0.15, 0.2) is 0 Å². The summed E-state index contributed by atoms with van der Waals surface area (Å²) in [6, 6.07) is 3.49. The molecule has 0 bridgehead atoms. The van der Waals surface area contributed by atoms with Gasteiger partial charge in [0.2, 0.25) is 5.72 Å². The van der Waals surface area contributed by atoms with E-state index < -0.39 is 23.4 Å². The average Bonchev–Trinajstić information content (AvgIpc) is 2.43. The van der Waals surface area contributed by atoms with Crippen molar-refractivity contribution in [3.8, 4) is 12.3 Å². The van der Waals surface area contributed by atoms with E-state index in [1.165, 1.54) is 12.1 Å². The highest BCUT2D eigenvalue weighted by Crippen LogP contribution is 2.20. The van der Waals surface area contributed by atoms with Gasteiger partial charge in [-0.3, -0.25) is 4.79 Å². The summed E-state index contributed by atoms with van der Waals surface area (Å²) in [6.45, 7) is 4.53. The van der Waals surface area contributed by atoms with Gasteiger partial charge < -0.3 is 15.1 Å². The van der Waals surface area contributed by atoms with Crippen molar-refractivity contribution < 1.29 is 24.2 Å². The molecule has 0 saturated carbocycles. The highest BCUT2D eigenvalue weighted by atomic mass is 19.1. The Morgan fingerprint density at radius 1 is 1.45 bits per heavy atom. The van der Waals surface area contributed by atoms with E-state index in [1.807, 2.05) is 0 Å². The van der Waals surface area contributed by atoms with Crippen molar-refractivity contribution in [1.29, 1.82) is 0 Å². The zero-order chi connectivity index (χ0) is 17.1. The summed E-state index contributed by atoms with van der Waals surface area (Å²) >= 11 is 0. The number of carbonyl (C=O) groups is 2. The molecule has 0 spiro atoms. The van der Waals surface area contributed by atoms with E-state index in [2.05, 4.69) is 5.92 Å². The topological polar surface area (TPSA) is 77.8 Å². The van der Waals surface area contributed by atoms with Crippen molar-refractivity contribution in [3.63, 3.8) is 0 Å². The maximum atomic E-state index is 13.7. The summed E-state index contributed by atoms with van der Waals surface area (Å²) in [7, 11) is 0. The van der Waals surface area contributed by atoms with Gasteiger partial charge >= 0.3 is 5.97 Å². The molecule has 0 aromatic heterocycles. The minimum absolute atomic E-state index is 0.00282. The summed E-state index contributed by atoms with van der Waals surface area (Å²) in [5.41, 5.74) is -2.49. The van der Waals surface area contributed by atoms with Crippen LogP contribution >= 0.6 is 0 Å². The molecule has 0 radical (unpaired) electrons. The predicted octanol–water partition coefficient (Wildman–Crippen LogP) is 1.70. The molecule has 0 aliphatic carbocycles. The molecule has 22 heavy (non-hydrogen) atoms. The van der Waals surface area contributed by atoms with E-state index in [0.29, 0.717) is 0 Å². The van der Waals surface area contributed by atoms with Gasteiger partial charge in [-0.1, -0.05) is 19.8 Å². The third-order valence-electron chi connectivity index (χ3n) is 3.10. The fourth-order valence-electron chi connectivity index (χ4n) is 1.86. The average molecular weight is 307 g/mol. The Morgan fingerprint density at radius 3 is 2.45 bits per heavy atom.